The molecule has 1 aromatic rings. The van der Waals surface area contributed by atoms with Crippen LogP contribution in [0.3, 0.4) is 0 Å². The highest BCUT2D eigenvalue weighted by Crippen LogP contribution is 2.53. The van der Waals surface area contributed by atoms with E-state index in [1.165, 1.54) is 0 Å². The summed E-state index contributed by atoms with van der Waals surface area (Å²) in [6, 6.07) is 3.55. The number of halogens is 1. The average Bonchev–Trinajstić information content (AvgIpc) is 3.19. The molecule has 0 saturated heterocycles. The smallest absolute Gasteiger partial charge is 0.316 e. The first-order valence-corrected chi connectivity index (χ1v) is 6.82. The number of rotatable bonds is 3. The van der Waals surface area contributed by atoms with E-state index in [0.29, 0.717) is 36.3 Å². The molecule has 0 bridgehead atoms. The molecule has 1 fully saturated rings. The quantitative estimate of drug-likeness (QED) is 0.800. The van der Waals surface area contributed by atoms with Gasteiger partial charge in [-0.25, -0.2) is 0 Å². The van der Waals surface area contributed by atoms with Crippen molar-refractivity contribution in [1.82, 2.24) is 0 Å². The van der Waals surface area contributed by atoms with Gasteiger partial charge < -0.3 is 14.2 Å². The van der Waals surface area contributed by atoms with Crippen LogP contribution < -0.4 is 9.47 Å². The number of benzene rings is 1. The molecule has 2 aliphatic rings. The summed E-state index contributed by atoms with van der Waals surface area (Å²) in [5, 5.41) is 0.537. The van der Waals surface area contributed by atoms with Gasteiger partial charge in [-0.05, 0) is 31.4 Å². The highest BCUT2D eigenvalue weighted by atomic mass is 35.5. The predicted octanol–water partition coefficient (Wildman–Crippen LogP) is 2.71. The summed E-state index contributed by atoms with van der Waals surface area (Å²) >= 11 is 6.29. The zero-order chi connectivity index (χ0) is 13.5. The summed E-state index contributed by atoms with van der Waals surface area (Å²) in [4.78, 5) is 12.1. The van der Waals surface area contributed by atoms with Crippen LogP contribution in [0.4, 0.5) is 0 Å². The summed E-state index contributed by atoms with van der Waals surface area (Å²) in [5.41, 5.74) is 0.208. The highest BCUT2D eigenvalue weighted by molar-refractivity contribution is 6.32. The van der Waals surface area contributed by atoms with Crippen LogP contribution in [-0.2, 0) is 14.9 Å². The highest BCUT2D eigenvalue weighted by Gasteiger charge is 2.54. The summed E-state index contributed by atoms with van der Waals surface area (Å²) in [6.07, 6.45) is 1.54. The molecule has 5 heteroatoms. The minimum atomic E-state index is -0.580. The summed E-state index contributed by atoms with van der Waals surface area (Å²) in [7, 11) is 0. The van der Waals surface area contributed by atoms with Crippen LogP contribution in [0.25, 0.3) is 0 Å². The fourth-order valence-corrected chi connectivity index (χ4v) is 2.74. The Morgan fingerprint density at radius 1 is 1.32 bits per heavy atom. The van der Waals surface area contributed by atoms with Crippen molar-refractivity contribution in [2.24, 2.45) is 0 Å². The van der Waals surface area contributed by atoms with Crippen molar-refractivity contribution < 1.29 is 19.0 Å². The van der Waals surface area contributed by atoms with Crippen molar-refractivity contribution in [3.05, 3.63) is 22.7 Å². The number of hydrogen-bond acceptors (Lipinski definition) is 4. The fourth-order valence-electron chi connectivity index (χ4n) is 2.41. The van der Waals surface area contributed by atoms with E-state index in [9.17, 15) is 4.79 Å². The van der Waals surface area contributed by atoms with Gasteiger partial charge in [-0.2, -0.15) is 0 Å². The zero-order valence-electron chi connectivity index (χ0n) is 10.7. The molecule has 1 aliphatic heterocycles. The third kappa shape index (κ3) is 2.04. The van der Waals surface area contributed by atoms with Crippen molar-refractivity contribution in [3.63, 3.8) is 0 Å². The predicted molar refractivity (Wildman–Crippen MR) is 70.0 cm³/mol. The SMILES string of the molecule is CCOC(=O)C1(c2cc3c(cc2Cl)OCCO3)CC1. The number of carbonyl (C=O) groups excluding carboxylic acids is 1. The summed E-state index contributed by atoms with van der Waals surface area (Å²) < 4.78 is 16.2. The lowest BCUT2D eigenvalue weighted by Gasteiger charge is -2.22. The van der Waals surface area contributed by atoms with Crippen molar-refractivity contribution >= 4 is 17.6 Å². The molecule has 0 atom stereocenters. The van der Waals surface area contributed by atoms with Crippen LogP contribution >= 0.6 is 11.6 Å². The first-order chi connectivity index (χ1) is 9.17. The first kappa shape index (κ1) is 12.6. The topological polar surface area (TPSA) is 44.8 Å². The Morgan fingerprint density at radius 3 is 2.53 bits per heavy atom. The second-order valence-electron chi connectivity index (χ2n) is 4.78. The lowest BCUT2D eigenvalue weighted by molar-refractivity contribution is -0.146. The maximum Gasteiger partial charge on any atom is 0.316 e. The van der Waals surface area contributed by atoms with Gasteiger partial charge in [0.05, 0.1) is 12.0 Å². The van der Waals surface area contributed by atoms with Gasteiger partial charge in [-0.15, -0.1) is 0 Å². The van der Waals surface area contributed by atoms with Gasteiger partial charge in [0.1, 0.15) is 13.2 Å². The molecule has 1 aliphatic carbocycles. The van der Waals surface area contributed by atoms with Gasteiger partial charge in [0.15, 0.2) is 11.5 Å². The molecule has 1 heterocycles. The van der Waals surface area contributed by atoms with Gasteiger partial charge in [-0.1, -0.05) is 11.6 Å². The third-order valence-electron chi connectivity index (χ3n) is 3.56. The van der Waals surface area contributed by atoms with Gasteiger partial charge in [0.2, 0.25) is 0 Å². The Hall–Kier alpha value is -1.42. The van der Waals surface area contributed by atoms with Crippen LogP contribution in [0.15, 0.2) is 12.1 Å². The standard InChI is InChI=1S/C14H15ClO4/c1-2-17-13(16)14(3-4-14)9-7-11-12(8-10(9)15)19-6-5-18-11/h7-8H,2-6H2,1H3. The van der Waals surface area contributed by atoms with Gasteiger partial charge >= 0.3 is 5.97 Å². The molecule has 3 rings (SSSR count). The Bertz CT molecular complexity index is 522. The van der Waals surface area contributed by atoms with Crippen LogP contribution in [0.2, 0.25) is 5.02 Å². The van der Waals surface area contributed by atoms with E-state index in [-0.39, 0.29) is 5.97 Å². The van der Waals surface area contributed by atoms with E-state index in [1.807, 2.05) is 6.07 Å². The Morgan fingerprint density at radius 2 is 1.95 bits per heavy atom. The number of fused-ring (bicyclic) bond motifs is 1. The van der Waals surface area contributed by atoms with E-state index in [0.717, 1.165) is 18.4 Å². The molecule has 0 amide bonds. The maximum atomic E-state index is 12.1. The normalized spacial score (nSPS) is 18.8. The van der Waals surface area contributed by atoms with E-state index < -0.39 is 5.41 Å². The van der Waals surface area contributed by atoms with Crippen molar-refractivity contribution in [3.8, 4) is 11.5 Å². The van der Waals surface area contributed by atoms with E-state index in [4.69, 9.17) is 25.8 Å². The van der Waals surface area contributed by atoms with E-state index in [1.54, 1.807) is 13.0 Å². The molecule has 0 spiro atoms. The average molecular weight is 283 g/mol. The fraction of sp³-hybridized carbons (Fsp3) is 0.500. The van der Waals surface area contributed by atoms with Crippen LogP contribution in [0.5, 0.6) is 11.5 Å². The number of ether oxygens (including phenoxy) is 3. The number of esters is 1. The minimum Gasteiger partial charge on any atom is -0.486 e. The van der Waals surface area contributed by atoms with E-state index in [2.05, 4.69) is 0 Å². The minimum absolute atomic E-state index is 0.200. The molecule has 0 N–H and O–H groups in total. The Labute approximate surface area is 116 Å². The number of hydrogen-bond donors (Lipinski definition) is 0. The van der Waals surface area contributed by atoms with Crippen LogP contribution in [-0.4, -0.2) is 25.8 Å². The Kier molecular flexibility index (Phi) is 3.05. The largest absolute Gasteiger partial charge is 0.486 e. The van der Waals surface area contributed by atoms with Crippen LogP contribution in [0, 0.1) is 0 Å². The monoisotopic (exact) mass is 282 g/mol. The molecular formula is C14H15ClO4. The third-order valence-corrected chi connectivity index (χ3v) is 3.88. The Balaban J connectivity index is 1.99. The summed E-state index contributed by atoms with van der Waals surface area (Å²) in [5.74, 6) is 1.09. The number of carbonyl (C=O) groups is 1. The molecule has 1 aromatic carbocycles. The second kappa shape index (κ2) is 4.60. The summed E-state index contributed by atoms with van der Waals surface area (Å²) in [6.45, 7) is 3.22. The molecule has 0 radical (unpaired) electrons. The molecule has 4 nitrogen and oxygen atoms in total. The lowest BCUT2D eigenvalue weighted by atomic mass is 9.95. The molecule has 0 aromatic heterocycles. The molecular weight excluding hydrogens is 268 g/mol. The molecule has 19 heavy (non-hydrogen) atoms. The van der Waals surface area contributed by atoms with Crippen molar-refractivity contribution in [1.29, 1.82) is 0 Å². The van der Waals surface area contributed by atoms with Crippen molar-refractivity contribution in [2.45, 2.75) is 25.2 Å². The first-order valence-electron chi connectivity index (χ1n) is 6.44. The molecule has 102 valence electrons. The van der Waals surface area contributed by atoms with Crippen LogP contribution in [0.1, 0.15) is 25.3 Å². The van der Waals surface area contributed by atoms with Gasteiger partial charge in [0, 0.05) is 11.1 Å². The van der Waals surface area contributed by atoms with Gasteiger partial charge in [0.25, 0.3) is 0 Å². The maximum absolute atomic E-state index is 12.1. The van der Waals surface area contributed by atoms with Crippen molar-refractivity contribution in [2.75, 3.05) is 19.8 Å². The molecule has 1 saturated carbocycles. The lowest BCUT2D eigenvalue weighted by Crippen LogP contribution is -2.24. The molecule has 0 unspecified atom stereocenters. The second-order valence-corrected chi connectivity index (χ2v) is 5.19. The zero-order valence-corrected chi connectivity index (χ0v) is 11.5. The van der Waals surface area contributed by atoms with E-state index >= 15 is 0 Å². The van der Waals surface area contributed by atoms with Gasteiger partial charge in [-0.3, -0.25) is 4.79 Å².